The zero-order valence-electron chi connectivity index (χ0n) is 13.8. The Labute approximate surface area is 142 Å². The number of nitrogens with one attached hydrogen (secondary N) is 1. The molecule has 0 amide bonds. The van der Waals surface area contributed by atoms with Gasteiger partial charge in [-0.05, 0) is 12.1 Å². The second-order valence-corrected chi connectivity index (χ2v) is 8.09. The van der Waals surface area contributed by atoms with Crippen LogP contribution in [0.1, 0.15) is 5.69 Å². The highest BCUT2D eigenvalue weighted by atomic mass is 32.2. The Bertz CT molecular complexity index is 808. The molecule has 2 heterocycles. The number of aromatic nitrogens is 2. The Morgan fingerprint density at radius 1 is 1.25 bits per heavy atom. The van der Waals surface area contributed by atoms with E-state index in [1.807, 2.05) is 18.2 Å². The van der Waals surface area contributed by atoms with Crippen molar-refractivity contribution < 1.29 is 8.42 Å². The van der Waals surface area contributed by atoms with Gasteiger partial charge >= 0.3 is 0 Å². The molecule has 24 heavy (non-hydrogen) atoms. The summed E-state index contributed by atoms with van der Waals surface area (Å²) in [6.07, 6.45) is 2.64. The number of hydrogen-bond acceptors (Lipinski definition) is 6. The summed E-state index contributed by atoms with van der Waals surface area (Å²) in [5, 5.41) is 2.99. The molecule has 0 radical (unpaired) electrons. The van der Waals surface area contributed by atoms with Crippen molar-refractivity contribution in [2.45, 2.75) is 6.42 Å². The Morgan fingerprint density at radius 3 is 2.71 bits per heavy atom. The van der Waals surface area contributed by atoms with Gasteiger partial charge < -0.3 is 10.2 Å². The van der Waals surface area contributed by atoms with Gasteiger partial charge in [-0.3, -0.25) is 0 Å². The lowest BCUT2D eigenvalue weighted by atomic mass is 10.3. The molecule has 0 fully saturated rings. The molecular formula is C16H21N5O2S. The van der Waals surface area contributed by atoms with Crippen molar-refractivity contribution in [3.63, 3.8) is 0 Å². The van der Waals surface area contributed by atoms with E-state index in [0.29, 0.717) is 5.95 Å². The molecule has 128 valence electrons. The molecule has 7 nitrogen and oxygen atoms in total. The van der Waals surface area contributed by atoms with Gasteiger partial charge in [-0.15, -0.1) is 0 Å². The molecule has 1 N–H and O–H groups in total. The first-order chi connectivity index (χ1) is 11.5. The number of benzene rings is 1. The van der Waals surface area contributed by atoms with Crippen molar-refractivity contribution >= 4 is 27.3 Å². The second kappa shape index (κ2) is 6.74. The first-order valence-electron chi connectivity index (χ1n) is 7.80. The molecule has 1 aromatic heterocycles. The van der Waals surface area contributed by atoms with Gasteiger partial charge in [-0.1, -0.05) is 18.2 Å². The predicted octanol–water partition coefficient (Wildman–Crippen LogP) is 1.47. The third-order valence-corrected chi connectivity index (χ3v) is 5.81. The summed E-state index contributed by atoms with van der Waals surface area (Å²) in [6.45, 7) is 1.15. The third kappa shape index (κ3) is 3.49. The SMILES string of the molecule is CN(C)S(=O)(=O)CCNc1ncc2c(n1)CCN2c1ccccc1. The minimum Gasteiger partial charge on any atom is -0.353 e. The summed E-state index contributed by atoms with van der Waals surface area (Å²) >= 11 is 0. The van der Waals surface area contributed by atoms with Gasteiger partial charge in [0.2, 0.25) is 16.0 Å². The van der Waals surface area contributed by atoms with Crippen LogP contribution in [0, 0.1) is 0 Å². The molecule has 2 aromatic rings. The number of rotatable bonds is 6. The predicted molar refractivity (Wildman–Crippen MR) is 95.1 cm³/mol. The van der Waals surface area contributed by atoms with Crippen LogP contribution in [0.2, 0.25) is 0 Å². The van der Waals surface area contributed by atoms with E-state index in [0.717, 1.165) is 30.0 Å². The molecule has 0 atom stereocenters. The standard InChI is InChI=1S/C16H21N5O2S/c1-20(2)24(22,23)11-9-17-16-18-12-15-14(19-16)8-10-21(15)13-6-4-3-5-7-13/h3-7,12H,8-11H2,1-2H3,(H,17,18,19). The van der Waals surface area contributed by atoms with Gasteiger partial charge in [0.25, 0.3) is 0 Å². The maximum atomic E-state index is 11.7. The molecule has 0 spiro atoms. The molecule has 0 unspecified atom stereocenters. The van der Waals surface area contributed by atoms with Gasteiger partial charge in [0, 0.05) is 39.3 Å². The van der Waals surface area contributed by atoms with E-state index in [-0.39, 0.29) is 12.3 Å². The number of fused-ring (bicyclic) bond motifs is 1. The summed E-state index contributed by atoms with van der Waals surface area (Å²) in [6, 6.07) is 10.1. The van der Waals surface area contributed by atoms with Gasteiger partial charge in [0.05, 0.1) is 23.3 Å². The molecule has 0 saturated heterocycles. The van der Waals surface area contributed by atoms with Crippen LogP contribution in [0.5, 0.6) is 0 Å². The highest BCUT2D eigenvalue weighted by molar-refractivity contribution is 7.89. The molecule has 0 saturated carbocycles. The lowest BCUT2D eigenvalue weighted by molar-refractivity contribution is 0.521. The maximum Gasteiger partial charge on any atom is 0.223 e. The third-order valence-electron chi connectivity index (χ3n) is 3.98. The number of sulfonamides is 1. The Balaban J connectivity index is 1.68. The minimum atomic E-state index is -3.22. The highest BCUT2D eigenvalue weighted by Gasteiger charge is 2.22. The van der Waals surface area contributed by atoms with E-state index < -0.39 is 10.0 Å². The van der Waals surface area contributed by atoms with E-state index in [1.54, 1.807) is 6.20 Å². The van der Waals surface area contributed by atoms with Crippen molar-refractivity contribution in [3.8, 4) is 0 Å². The average molecular weight is 347 g/mol. The fourth-order valence-corrected chi connectivity index (χ4v) is 3.32. The molecule has 1 aliphatic heterocycles. The maximum absolute atomic E-state index is 11.7. The van der Waals surface area contributed by atoms with Crippen molar-refractivity contribution in [1.29, 1.82) is 0 Å². The summed E-state index contributed by atoms with van der Waals surface area (Å²) in [5.74, 6) is 0.481. The highest BCUT2D eigenvalue weighted by Crippen LogP contribution is 2.32. The van der Waals surface area contributed by atoms with E-state index in [2.05, 4.69) is 32.3 Å². The Hall–Kier alpha value is -2.19. The average Bonchev–Trinajstić information content (AvgIpc) is 2.98. The fourth-order valence-electron chi connectivity index (χ4n) is 2.59. The molecule has 1 aromatic carbocycles. The van der Waals surface area contributed by atoms with Crippen molar-refractivity contribution in [3.05, 3.63) is 42.2 Å². The van der Waals surface area contributed by atoms with Crippen molar-refractivity contribution in [2.24, 2.45) is 0 Å². The zero-order valence-corrected chi connectivity index (χ0v) is 14.6. The Morgan fingerprint density at radius 2 is 2.00 bits per heavy atom. The normalized spacial score (nSPS) is 14.0. The van der Waals surface area contributed by atoms with Crippen LogP contribution in [-0.4, -0.2) is 55.6 Å². The van der Waals surface area contributed by atoms with Gasteiger partial charge in [0.1, 0.15) is 0 Å². The van der Waals surface area contributed by atoms with E-state index in [1.165, 1.54) is 18.4 Å². The summed E-state index contributed by atoms with van der Waals surface area (Å²) in [7, 11) is -0.163. The first-order valence-corrected chi connectivity index (χ1v) is 9.41. The molecule has 3 rings (SSSR count). The molecule has 1 aliphatic rings. The van der Waals surface area contributed by atoms with Crippen LogP contribution < -0.4 is 10.2 Å². The quantitative estimate of drug-likeness (QED) is 0.853. The van der Waals surface area contributed by atoms with E-state index in [4.69, 9.17) is 0 Å². The lowest BCUT2D eigenvalue weighted by Gasteiger charge is -2.18. The second-order valence-electron chi connectivity index (χ2n) is 5.79. The topological polar surface area (TPSA) is 78.4 Å². The zero-order chi connectivity index (χ0) is 17.2. The fraction of sp³-hybridized carbons (Fsp3) is 0.375. The molecule has 0 aliphatic carbocycles. The molecule has 0 bridgehead atoms. The molecular weight excluding hydrogens is 326 g/mol. The molecule has 8 heteroatoms. The Kier molecular flexibility index (Phi) is 4.68. The van der Waals surface area contributed by atoms with Crippen molar-refractivity contribution in [1.82, 2.24) is 14.3 Å². The van der Waals surface area contributed by atoms with Crippen LogP contribution in [-0.2, 0) is 16.4 Å². The van der Waals surface area contributed by atoms with E-state index in [9.17, 15) is 8.42 Å². The van der Waals surface area contributed by atoms with Crippen LogP contribution >= 0.6 is 0 Å². The van der Waals surface area contributed by atoms with Crippen LogP contribution in [0.4, 0.5) is 17.3 Å². The number of anilines is 3. The van der Waals surface area contributed by atoms with Gasteiger partial charge in [-0.25, -0.2) is 22.7 Å². The number of nitrogens with zero attached hydrogens (tertiary/aromatic N) is 4. The first kappa shape index (κ1) is 16.7. The largest absolute Gasteiger partial charge is 0.353 e. The lowest BCUT2D eigenvalue weighted by Crippen LogP contribution is -2.28. The summed E-state index contributed by atoms with van der Waals surface area (Å²) < 4.78 is 24.7. The summed E-state index contributed by atoms with van der Waals surface area (Å²) in [4.78, 5) is 11.0. The van der Waals surface area contributed by atoms with Gasteiger partial charge in [-0.2, -0.15) is 0 Å². The number of hydrogen-bond donors (Lipinski definition) is 1. The van der Waals surface area contributed by atoms with Crippen LogP contribution in [0.3, 0.4) is 0 Å². The summed E-state index contributed by atoms with van der Waals surface area (Å²) in [5.41, 5.74) is 3.11. The van der Waals surface area contributed by atoms with Crippen molar-refractivity contribution in [2.75, 3.05) is 43.2 Å². The van der Waals surface area contributed by atoms with Crippen LogP contribution in [0.15, 0.2) is 36.5 Å². The van der Waals surface area contributed by atoms with Crippen LogP contribution in [0.25, 0.3) is 0 Å². The number of para-hydroxylation sites is 1. The van der Waals surface area contributed by atoms with E-state index >= 15 is 0 Å². The monoisotopic (exact) mass is 347 g/mol. The minimum absolute atomic E-state index is 0.0105. The van der Waals surface area contributed by atoms with Gasteiger partial charge in [0.15, 0.2) is 0 Å². The smallest absolute Gasteiger partial charge is 0.223 e.